The summed E-state index contributed by atoms with van der Waals surface area (Å²) in [6.07, 6.45) is 1.96. The number of hydrogen-bond acceptors (Lipinski definition) is 5. The van der Waals surface area contributed by atoms with Gasteiger partial charge >= 0.3 is 0 Å². The predicted molar refractivity (Wildman–Crippen MR) is 100 cm³/mol. The van der Waals surface area contributed by atoms with Crippen molar-refractivity contribution in [1.82, 2.24) is 9.88 Å². The lowest BCUT2D eigenvalue weighted by molar-refractivity contribution is -0.132. The first-order valence-corrected chi connectivity index (χ1v) is 9.03. The standard InChI is InChI=1S/C21H19F2N3O3/c1-29-16-4-2-3-14(9-16)18-12-25-8-7-17(18)19(27)5-6-20(28)26-13-21(22,23)10-15(26)11-24/h2-4,7-9,12,15H,5-6,10,13H2,1H3/t15-/m0/s1. The molecule has 3 rings (SSSR count). The molecule has 0 spiro atoms. The third-order valence-electron chi connectivity index (χ3n) is 4.81. The third-order valence-corrected chi connectivity index (χ3v) is 4.81. The molecule has 1 fully saturated rings. The number of amides is 1. The number of carbonyl (C=O) groups is 2. The van der Waals surface area contributed by atoms with Crippen LogP contribution in [0.15, 0.2) is 42.7 Å². The molecule has 0 N–H and O–H groups in total. The van der Waals surface area contributed by atoms with Crippen LogP contribution >= 0.6 is 0 Å². The molecule has 2 aromatic rings. The van der Waals surface area contributed by atoms with Crippen LogP contribution in [0.2, 0.25) is 0 Å². The van der Waals surface area contributed by atoms with Gasteiger partial charge in [-0.05, 0) is 23.8 Å². The van der Waals surface area contributed by atoms with Gasteiger partial charge in [-0.1, -0.05) is 12.1 Å². The minimum Gasteiger partial charge on any atom is -0.497 e. The highest BCUT2D eigenvalue weighted by Gasteiger charge is 2.47. The predicted octanol–water partition coefficient (Wildman–Crippen LogP) is 3.48. The number of methoxy groups -OCH3 is 1. The number of hydrogen-bond donors (Lipinski definition) is 0. The Hall–Kier alpha value is -3.34. The first kappa shape index (κ1) is 20.4. The molecule has 150 valence electrons. The summed E-state index contributed by atoms with van der Waals surface area (Å²) in [6, 6.07) is 9.26. The molecular weight excluding hydrogens is 380 g/mol. The van der Waals surface area contributed by atoms with Gasteiger partial charge in [-0.2, -0.15) is 5.26 Å². The SMILES string of the molecule is COc1cccc(-c2cnccc2C(=O)CCC(=O)N2CC(F)(F)C[C@H]2C#N)c1. The van der Waals surface area contributed by atoms with Gasteiger partial charge in [-0.25, -0.2) is 8.78 Å². The van der Waals surface area contributed by atoms with Gasteiger partial charge in [0.25, 0.3) is 5.92 Å². The van der Waals surface area contributed by atoms with E-state index < -0.39 is 30.8 Å². The fourth-order valence-electron chi connectivity index (χ4n) is 3.35. The minimum atomic E-state index is -3.08. The summed E-state index contributed by atoms with van der Waals surface area (Å²) < 4.78 is 32.3. The first-order valence-electron chi connectivity index (χ1n) is 9.03. The maximum Gasteiger partial charge on any atom is 0.268 e. The molecule has 1 aliphatic rings. The molecule has 1 saturated heterocycles. The molecule has 0 unspecified atom stereocenters. The molecule has 0 saturated carbocycles. The highest BCUT2D eigenvalue weighted by Crippen LogP contribution is 2.32. The first-order chi connectivity index (χ1) is 13.8. The second kappa shape index (κ2) is 8.35. The third kappa shape index (κ3) is 4.57. The van der Waals surface area contributed by atoms with Crippen molar-refractivity contribution in [3.05, 3.63) is 48.3 Å². The van der Waals surface area contributed by atoms with Crippen molar-refractivity contribution in [2.24, 2.45) is 0 Å². The Morgan fingerprint density at radius 2 is 2.14 bits per heavy atom. The maximum atomic E-state index is 13.5. The lowest BCUT2D eigenvalue weighted by Crippen LogP contribution is -2.36. The van der Waals surface area contributed by atoms with Gasteiger partial charge in [-0.15, -0.1) is 0 Å². The van der Waals surface area contributed by atoms with Crippen LogP contribution in [0.4, 0.5) is 8.78 Å². The number of Topliss-reactive ketones (excluding diaryl/α,β-unsaturated/α-hetero) is 1. The van der Waals surface area contributed by atoms with Crippen LogP contribution in [-0.2, 0) is 4.79 Å². The average Bonchev–Trinajstić information content (AvgIpc) is 3.06. The number of nitriles is 1. The Labute approximate surface area is 166 Å². The Morgan fingerprint density at radius 1 is 1.34 bits per heavy atom. The van der Waals surface area contributed by atoms with Gasteiger partial charge in [0.05, 0.1) is 19.7 Å². The quantitative estimate of drug-likeness (QED) is 0.695. The largest absolute Gasteiger partial charge is 0.497 e. The Kier molecular flexibility index (Phi) is 5.87. The number of likely N-dealkylation sites (tertiary alicyclic amines) is 1. The zero-order chi connectivity index (χ0) is 21.0. The number of nitrogens with zero attached hydrogens (tertiary/aromatic N) is 3. The number of rotatable bonds is 6. The summed E-state index contributed by atoms with van der Waals surface area (Å²) in [5.41, 5.74) is 1.70. The topological polar surface area (TPSA) is 83.3 Å². The van der Waals surface area contributed by atoms with Crippen LogP contribution in [0.3, 0.4) is 0 Å². The fraction of sp³-hybridized carbons (Fsp3) is 0.333. The van der Waals surface area contributed by atoms with Gasteiger partial charge in [-0.3, -0.25) is 14.6 Å². The van der Waals surface area contributed by atoms with E-state index in [1.807, 2.05) is 6.07 Å². The summed E-state index contributed by atoms with van der Waals surface area (Å²) in [5, 5.41) is 9.02. The van der Waals surface area contributed by atoms with E-state index in [1.54, 1.807) is 36.5 Å². The number of pyridine rings is 1. The van der Waals surface area contributed by atoms with E-state index in [1.165, 1.54) is 13.3 Å². The summed E-state index contributed by atoms with van der Waals surface area (Å²) in [6.45, 7) is -0.789. The van der Waals surface area contributed by atoms with E-state index in [2.05, 4.69) is 4.98 Å². The number of aromatic nitrogens is 1. The van der Waals surface area contributed by atoms with Crippen LogP contribution in [0.5, 0.6) is 5.75 Å². The van der Waals surface area contributed by atoms with E-state index in [0.717, 1.165) is 10.5 Å². The van der Waals surface area contributed by atoms with Crippen LogP contribution in [-0.4, -0.2) is 47.2 Å². The molecule has 29 heavy (non-hydrogen) atoms. The minimum absolute atomic E-state index is 0.153. The molecule has 0 aliphatic carbocycles. The van der Waals surface area contributed by atoms with E-state index in [-0.39, 0.29) is 18.6 Å². The number of benzene rings is 1. The lowest BCUT2D eigenvalue weighted by Gasteiger charge is -2.19. The molecular formula is C21H19F2N3O3. The van der Waals surface area contributed by atoms with E-state index >= 15 is 0 Å². The van der Waals surface area contributed by atoms with Crippen LogP contribution in [0, 0.1) is 11.3 Å². The van der Waals surface area contributed by atoms with Crippen LogP contribution < -0.4 is 4.74 Å². The average molecular weight is 399 g/mol. The van der Waals surface area contributed by atoms with Crippen molar-refractivity contribution in [1.29, 1.82) is 5.26 Å². The van der Waals surface area contributed by atoms with Crippen molar-refractivity contribution in [2.45, 2.75) is 31.2 Å². The van der Waals surface area contributed by atoms with Gasteiger partial charge < -0.3 is 9.64 Å². The van der Waals surface area contributed by atoms with E-state index in [9.17, 15) is 18.4 Å². The van der Waals surface area contributed by atoms with Crippen molar-refractivity contribution in [3.63, 3.8) is 0 Å². The summed E-state index contributed by atoms with van der Waals surface area (Å²) in [7, 11) is 1.54. The second-order valence-corrected chi connectivity index (χ2v) is 6.80. The number of ketones is 1. The maximum absolute atomic E-state index is 13.5. The molecule has 8 heteroatoms. The number of ether oxygens (including phenoxy) is 1. The number of carbonyl (C=O) groups excluding carboxylic acids is 2. The highest BCUT2D eigenvalue weighted by atomic mass is 19.3. The van der Waals surface area contributed by atoms with E-state index in [4.69, 9.17) is 10.00 Å². The molecule has 0 bridgehead atoms. The molecule has 1 amide bonds. The van der Waals surface area contributed by atoms with Gasteiger partial charge in [0.2, 0.25) is 5.91 Å². The normalized spacial score (nSPS) is 17.6. The van der Waals surface area contributed by atoms with E-state index in [0.29, 0.717) is 16.9 Å². The van der Waals surface area contributed by atoms with Crippen molar-refractivity contribution in [3.8, 4) is 22.9 Å². The Bertz CT molecular complexity index is 972. The Balaban J connectivity index is 1.74. The molecule has 1 atom stereocenters. The van der Waals surface area contributed by atoms with Gasteiger partial charge in [0.1, 0.15) is 11.8 Å². The van der Waals surface area contributed by atoms with Crippen molar-refractivity contribution >= 4 is 11.7 Å². The monoisotopic (exact) mass is 399 g/mol. The Morgan fingerprint density at radius 3 is 2.86 bits per heavy atom. The molecule has 2 heterocycles. The molecule has 1 aliphatic heterocycles. The van der Waals surface area contributed by atoms with Crippen LogP contribution in [0.1, 0.15) is 29.6 Å². The molecule has 1 aromatic heterocycles. The highest BCUT2D eigenvalue weighted by molar-refractivity contribution is 6.03. The number of alkyl halides is 2. The lowest BCUT2D eigenvalue weighted by atomic mass is 9.97. The van der Waals surface area contributed by atoms with Gasteiger partial charge in [0.15, 0.2) is 5.78 Å². The fourth-order valence-corrected chi connectivity index (χ4v) is 3.35. The summed E-state index contributed by atoms with van der Waals surface area (Å²) in [5.74, 6) is -3.39. The van der Waals surface area contributed by atoms with Crippen molar-refractivity contribution < 1.29 is 23.1 Å². The van der Waals surface area contributed by atoms with Crippen molar-refractivity contribution in [2.75, 3.05) is 13.7 Å². The number of halogens is 2. The summed E-state index contributed by atoms with van der Waals surface area (Å²) >= 11 is 0. The zero-order valence-electron chi connectivity index (χ0n) is 15.8. The second-order valence-electron chi connectivity index (χ2n) is 6.80. The molecule has 1 aromatic carbocycles. The summed E-state index contributed by atoms with van der Waals surface area (Å²) in [4.78, 5) is 30.0. The van der Waals surface area contributed by atoms with Gasteiger partial charge in [0, 0.05) is 42.8 Å². The van der Waals surface area contributed by atoms with Crippen LogP contribution in [0.25, 0.3) is 11.1 Å². The molecule has 6 nitrogen and oxygen atoms in total. The zero-order valence-corrected chi connectivity index (χ0v) is 15.8. The smallest absolute Gasteiger partial charge is 0.268 e. The molecule has 0 radical (unpaired) electrons.